The van der Waals surface area contributed by atoms with Gasteiger partial charge in [-0.3, -0.25) is 4.98 Å². The predicted octanol–water partition coefficient (Wildman–Crippen LogP) is 5.95. The number of anilines is 1. The van der Waals surface area contributed by atoms with Gasteiger partial charge in [-0.2, -0.15) is 0 Å². The Hall–Kier alpha value is -2.85. The van der Waals surface area contributed by atoms with Crippen LogP contribution in [0.4, 0.5) is 5.95 Å². The van der Waals surface area contributed by atoms with Gasteiger partial charge in [0.1, 0.15) is 0 Å². The Balaban J connectivity index is 1.46. The van der Waals surface area contributed by atoms with Gasteiger partial charge in [0.05, 0.1) is 16.7 Å². The summed E-state index contributed by atoms with van der Waals surface area (Å²) in [6.07, 6.45) is 5.74. The van der Waals surface area contributed by atoms with Gasteiger partial charge in [-0.15, -0.1) is 0 Å². The number of halogens is 1. The average molecular weight is 403 g/mol. The number of nitrogens with zero attached hydrogens (tertiary/aromatic N) is 4. The molecule has 1 saturated heterocycles. The quantitative estimate of drug-likeness (QED) is 0.425. The van der Waals surface area contributed by atoms with Crippen molar-refractivity contribution in [2.24, 2.45) is 7.05 Å². The molecule has 29 heavy (non-hydrogen) atoms. The first-order valence-electron chi connectivity index (χ1n) is 10.1. The van der Waals surface area contributed by atoms with Crippen molar-refractivity contribution in [1.82, 2.24) is 14.5 Å². The van der Waals surface area contributed by atoms with Gasteiger partial charge in [-0.05, 0) is 55.2 Å². The Morgan fingerprint density at radius 1 is 0.828 bits per heavy atom. The number of fused-ring (bicyclic) bond motifs is 1. The Bertz CT molecular complexity index is 1140. The van der Waals surface area contributed by atoms with Gasteiger partial charge in [0, 0.05) is 42.5 Å². The molecule has 0 aliphatic carbocycles. The number of pyridine rings is 1. The maximum Gasteiger partial charge on any atom is 0.206 e. The fourth-order valence-electron chi connectivity index (χ4n) is 4.10. The van der Waals surface area contributed by atoms with Crippen LogP contribution >= 0.6 is 11.6 Å². The number of rotatable bonds is 3. The van der Waals surface area contributed by atoms with Gasteiger partial charge < -0.3 is 9.47 Å². The van der Waals surface area contributed by atoms with Crippen LogP contribution in [0.3, 0.4) is 0 Å². The first-order chi connectivity index (χ1) is 14.2. The third kappa shape index (κ3) is 3.49. The van der Waals surface area contributed by atoms with Gasteiger partial charge in [0.25, 0.3) is 0 Å². The largest absolute Gasteiger partial charge is 0.342 e. The molecule has 0 radical (unpaired) electrons. The number of aryl methyl sites for hydroxylation is 1. The second-order valence-electron chi connectivity index (χ2n) is 7.66. The Kier molecular flexibility index (Phi) is 4.72. The number of piperidine rings is 1. The highest BCUT2D eigenvalue weighted by atomic mass is 35.5. The van der Waals surface area contributed by atoms with Crippen LogP contribution < -0.4 is 4.90 Å². The number of hydrogen-bond acceptors (Lipinski definition) is 3. The number of hydrogen-bond donors (Lipinski definition) is 0. The van der Waals surface area contributed by atoms with E-state index in [2.05, 4.69) is 46.8 Å². The summed E-state index contributed by atoms with van der Waals surface area (Å²) in [5.41, 5.74) is 6.41. The van der Waals surface area contributed by atoms with Crippen molar-refractivity contribution in [3.8, 4) is 22.4 Å². The zero-order chi connectivity index (χ0) is 19.8. The van der Waals surface area contributed by atoms with Gasteiger partial charge in [-0.25, -0.2) is 4.98 Å². The summed E-state index contributed by atoms with van der Waals surface area (Å²) in [5.74, 6) is 1.07. The van der Waals surface area contributed by atoms with Gasteiger partial charge in [0.2, 0.25) is 5.95 Å². The van der Waals surface area contributed by atoms with Crippen molar-refractivity contribution in [2.75, 3.05) is 18.0 Å². The molecule has 5 heteroatoms. The topological polar surface area (TPSA) is 34.0 Å². The van der Waals surface area contributed by atoms with E-state index in [0.717, 1.165) is 57.5 Å². The molecule has 146 valence electrons. The van der Waals surface area contributed by atoms with E-state index < -0.39 is 0 Å². The first-order valence-corrected chi connectivity index (χ1v) is 10.5. The summed E-state index contributed by atoms with van der Waals surface area (Å²) in [6, 6.07) is 18.4. The van der Waals surface area contributed by atoms with E-state index in [1.54, 1.807) is 0 Å². The maximum atomic E-state index is 5.99. The van der Waals surface area contributed by atoms with E-state index in [9.17, 15) is 0 Å². The third-order valence-corrected chi connectivity index (χ3v) is 5.98. The van der Waals surface area contributed by atoms with Crippen LogP contribution in [0.2, 0.25) is 5.02 Å². The monoisotopic (exact) mass is 402 g/mol. The summed E-state index contributed by atoms with van der Waals surface area (Å²) in [4.78, 5) is 12.0. The van der Waals surface area contributed by atoms with E-state index >= 15 is 0 Å². The predicted molar refractivity (Wildman–Crippen MR) is 120 cm³/mol. The van der Waals surface area contributed by atoms with E-state index in [1.807, 2.05) is 30.5 Å². The van der Waals surface area contributed by atoms with Gasteiger partial charge in [-0.1, -0.05) is 35.9 Å². The SMILES string of the molecule is Cn1c(N2CCCCC2)nc2cc(-c3ccc(-c4ccc(Cl)cc4)cn3)ccc21. The fourth-order valence-corrected chi connectivity index (χ4v) is 4.23. The summed E-state index contributed by atoms with van der Waals surface area (Å²) in [6.45, 7) is 2.19. The minimum atomic E-state index is 0.742. The summed E-state index contributed by atoms with van der Waals surface area (Å²) in [5, 5.41) is 0.742. The average Bonchev–Trinajstić information content (AvgIpc) is 3.11. The highest BCUT2D eigenvalue weighted by Gasteiger charge is 2.17. The molecule has 0 N–H and O–H groups in total. The van der Waals surface area contributed by atoms with Gasteiger partial charge in [0.15, 0.2) is 0 Å². The summed E-state index contributed by atoms with van der Waals surface area (Å²) in [7, 11) is 2.11. The molecule has 0 saturated carbocycles. The second kappa shape index (κ2) is 7.53. The molecule has 0 unspecified atom stereocenters. The molecule has 1 fully saturated rings. The number of aromatic nitrogens is 3. The number of imidazole rings is 1. The molecule has 2 aromatic carbocycles. The van der Waals surface area contributed by atoms with Crippen LogP contribution in [0.15, 0.2) is 60.8 Å². The molecule has 3 heterocycles. The van der Waals surface area contributed by atoms with Crippen LogP contribution in [0, 0.1) is 0 Å². The van der Waals surface area contributed by atoms with Crippen LogP contribution in [-0.2, 0) is 7.05 Å². The summed E-state index contributed by atoms with van der Waals surface area (Å²) >= 11 is 5.99. The van der Waals surface area contributed by atoms with Crippen molar-refractivity contribution in [1.29, 1.82) is 0 Å². The van der Waals surface area contributed by atoms with E-state index in [-0.39, 0.29) is 0 Å². The van der Waals surface area contributed by atoms with E-state index in [4.69, 9.17) is 21.6 Å². The highest BCUT2D eigenvalue weighted by Crippen LogP contribution is 2.29. The van der Waals surface area contributed by atoms with Crippen molar-refractivity contribution < 1.29 is 0 Å². The molecule has 4 aromatic rings. The Morgan fingerprint density at radius 2 is 1.55 bits per heavy atom. The van der Waals surface area contributed by atoms with Crippen LogP contribution in [0.1, 0.15) is 19.3 Å². The van der Waals surface area contributed by atoms with Crippen molar-refractivity contribution in [2.45, 2.75) is 19.3 Å². The lowest BCUT2D eigenvalue weighted by Crippen LogP contribution is -2.31. The standard InChI is InChI=1S/C24H23ClN4/c1-28-23-12-8-18(15-22(23)27-24(28)29-13-3-2-4-14-29)21-11-7-19(16-26-21)17-5-9-20(25)10-6-17/h5-12,15-16H,2-4,13-14H2,1H3. The Morgan fingerprint density at radius 3 is 2.28 bits per heavy atom. The molecular weight excluding hydrogens is 380 g/mol. The van der Waals surface area contributed by atoms with Crippen molar-refractivity contribution >= 4 is 28.6 Å². The van der Waals surface area contributed by atoms with Gasteiger partial charge >= 0.3 is 0 Å². The molecule has 4 nitrogen and oxygen atoms in total. The van der Waals surface area contributed by atoms with E-state index in [1.165, 1.54) is 19.3 Å². The lowest BCUT2D eigenvalue weighted by Gasteiger charge is -2.27. The molecular formula is C24H23ClN4. The van der Waals surface area contributed by atoms with Crippen molar-refractivity contribution in [3.63, 3.8) is 0 Å². The summed E-state index contributed by atoms with van der Waals surface area (Å²) < 4.78 is 2.21. The molecule has 0 amide bonds. The highest BCUT2D eigenvalue weighted by molar-refractivity contribution is 6.30. The van der Waals surface area contributed by atoms with E-state index in [0.29, 0.717) is 0 Å². The fraction of sp³-hybridized carbons (Fsp3) is 0.250. The molecule has 2 aromatic heterocycles. The lowest BCUT2D eigenvalue weighted by molar-refractivity contribution is 0.563. The lowest BCUT2D eigenvalue weighted by atomic mass is 10.1. The first kappa shape index (κ1) is 18.2. The van der Waals surface area contributed by atoms with Crippen molar-refractivity contribution in [3.05, 3.63) is 65.8 Å². The normalized spacial score (nSPS) is 14.5. The molecule has 5 rings (SSSR count). The zero-order valence-electron chi connectivity index (χ0n) is 16.5. The van der Waals surface area contributed by atoms with Crippen LogP contribution in [0.25, 0.3) is 33.4 Å². The molecule has 0 bridgehead atoms. The zero-order valence-corrected chi connectivity index (χ0v) is 17.2. The van der Waals surface area contributed by atoms with Crippen LogP contribution in [0.5, 0.6) is 0 Å². The molecule has 0 spiro atoms. The second-order valence-corrected chi connectivity index (χ2v) is 8.10. The molecule has 1 aliphatic rings. The molecule has 1 aliphatic heterocycles. The molecule has 0 atom stereocenters. The third-order valence-electron chi connectivity index (χ3n) is 5.73. The number of benzene rings is 2. The smallest absolute Gasteiger partial charge is 0.206 e. The minimum absolute atomic E-state index is 0.742. The van der Waals surface area contributed by atoms with Crippen LogP contribution in [-0.4, -0.2) is 27.6 Å². The maximum absolute atomic E-state index is 5.99. The minimum Gasteiger partial charge on any atom is -0.342 e. The Labute approximate surface area is 175 Å².